The first-order valence-electron chi connectivity index (χ1n) is 6.11. The lowest BCUT2D eigenvalue weighted by Gasteiger charge is -2.18. The molecule has 0 aromatic carbocycles. The van der Waals surface area contributed by atoms with Crippen LogP contribution in [-0.4, -0.2) is 50.4 Å². The van der Waals surface area contributed by atoms with Gasteiger partial charge in [0.25, 0.3) is 0 Å². The van der Waals surface area contributed by atoms with E-state index in [0.717, 1.165) is 0 Å². The minimum Gasteiger partial charge on any atom is -0.463 e. The molecule has 0 aromatic heterocycles. The van der Waals surface area contributed by atoms with Crippen molar-refractivity contribution in [2.24, 2.45) is 0 Å². The summed E-state index contributed by atoms with van der Waals surface area (Å²) in [5.74, 6) is -0.996. The third-order valence-electron chi connectivity index (χ3n) is 2.64. The molecule has 0 unspecified atom stereocenters. The van der Waals surface area contributed by atoms with Crippen LogP contribution in [0.2, 0.25) is 0 Å². The second-order valence-corrected chi connectivity index (χ2v) is 4.48. The standard InChI is InChI=1S/C12H17BO6/c1-7(14)3-4-12(16)19-9-5-11(13)18-10(9)6-17-8(2)15/h9-11H,3-6H2,1-2H3/t9-,10-,11-/m1/s1. The second-order valence-electron chi connectivity index (χ2n) is 4.48. The summed E-state index contributed by atoms with van der Waals surface area (Å²) in [5, 5.41) is 0. The second kappa shape index (κ2) is 7.28. The molecule has 1 fully saturated rings. The summed E-state index contributed by atoms with van der Waals surface area (Å²) < 4.78 is 15.3. The lowest BCUT2D eigenvalue weighted by molar-refractivity contribution is -0.156. The molecule has 0 aromatic rings. The first kappa shape index (κ1) is 15.7. The van der Waals surface area contributed by atoms with Crippen molar-refractivity contribution in [2.45, 2.75) is 51.3 Å². The fraction of sp³-hybridized carbons (Fsp3) is 0.750. The summed E-state index contributed by atoms with van der Waals surface area (Å²) >= 11 is 0. The number of hydrogen-bond donors (Lipinski definition) is 0. The first-order valence-corrected chi connectivity index (χ1v) is 6.11. The van der Waals surface area contributed by atoms with Gasteiger partial charge in [0.05, 0.1) is 6.42 Å². The predicted octanol–water partition coefficient (Wildman–Crippen LogP) is 0.114. The Balaban J connectivity index is 2.42. The quantitative estimate of drug-likeness (QED) is 0.502. The van der Waals surface area contributed by atoms with E-state index in [0.29, 0.717) is 6.42 Å². The van der Waals surface area contributed by atoms with Crippen LogP contribution in [0.5, 0.6) is 0 Å². The van der Waals surface area contributed by atoms with Crippen LogP contribution >= 0.6 is 0 Å². The van der Waals surface area contributed by atoms with Crippen molar-refractivity contribution >= 4 is 25.6 Å². The van der Waals surface area contributed by atoms with Crippen molar-refractivity contribution in [3.63, 3.8) is 0 Å². The number of Topliss-reactive ketones (excluding diaryl/α,β-unsaturated/α-hetero) is 1. The molecule has 19 heavy (non-hydrogen) atoms. The third kappa shape index (κ3) is 5.87. The van der Waals surface area contributed by atoms with E-state index in [9.17, 15) is 14.4 Å². The normalized spacial score (nSPS) is 25.9. The van der Waals surface area contributed by atoms with E-state index >= 15 is 0 Å². The minimum atomic E-state index is -0.555. The Kier molecular flexibility index (Phi) is 6.01. The number of ether oxygens (including phenoxy) is 3. The third-order valence-corrected chi connectivity index (χ3v) is 2.64. The SMILES string of the molecule is [B][C@H]1C[C@@H](OC(=O)CCC(C)=O)[C@@H](COC(C)=O)O1. The Labute approximate surface area is 113 Å². The molecule has 0 aliphatic carbocycles. The highest BCUT2D eigenvalue weighted by Gasteiger charge is 2.36. The summed E-state index contributed by atoms with van der Waals surface area (Å²) in [7, 11) is 5.61. The largest absolute Gasteiger partial charge is 0.463 e. The van der Waals surface area contributed by atoms with Gasteiger partial charge in [-0.2, -0.15) is 0 Å². The molecule has 0 saturated carbocycles. The van der Waals surface area contributed by atoms with Crippen molar-refractivity contribution in [2.75, 3.05) is 6.61 Å². The van der Waals surface area contributed by atoms with Gasteiger partial charge in [-0.1, -0.05) is 0 Å². The maximum atomic E-state index is 11.5. The van der Waals surface area contributed by atoms with Crippen LogP contribution in [0, 0.1) is 0 Å². The van der Waals surface area contributed by atoms with Gasteiger partial charge in [0.2, 0.25) is 0 Å². The predicted molar refractivity (Wildman–Crippen MR) is 65.5 cm³/mol. The Morgan fingerprint density at radius 3 is 2.53 bits per heavy atom. The summed E-state index contributed by atoms with van der Waals surface area (Å²) in [4.78, 5) is 33.0. The monoisotopic (exact) mass is 268 g/mol. The number of hydrogen-bond acceptors (Lipinski definition) is 6. The summed E-state index contributed by atoms with van der Waals surface area (Å²) in [6, 6.07) is -0.550. The Morgan fingerprint density at radius 2 is 1.95 bits per heavy atom. The van der Waals surface area contributed by atoms with Crippen molar-refractivity contribution in [1.29, 1.82) is 0 Å². The molecule has 6 nitrogen and oxygen atoms in total. The van der Waals surface area contributed by atoms with Crippen LogP contribution < -0.4 is 0 Å². The van der Waals surface area contributed by atoms with Crippen LogP contribution in [0.1, 0.15) is 33.1 Å². The van der Waals surface area contributed by atoms with Gasteiger partial charge in [0.15, 0.2) is 0 Å². The number of esters is 2. The Morgan fingerprint density at radius 1 is 1.26 bits per heavy atom. The topological polar surface area (TPSA) is 78.9 Å². The highest BCUT2D eigenvalue weighted by molar-refractivity contribution is 6.11. The molecule has 3 atom stereocenters. The highest BCUT2D eigenvalue weighted by Crippen LogP contribution is 2.22. The number of carbonyl (C=O) groups is 3. The van der Waals surface area contributed by atoms with Gasteiger partial charge >= 0.3 is 11.9 Å². The van der Waals surface area contributed by atoms with Crippen molar-refractivity contribution in [1.82, 2.24) is 0 Å². The van der Waals surface area contributed by atoms with E-state index in [2.05, 4.69) is 0 Å². The summed E-state index contributed by atoms with van der Waals surface area (Å²) in [5.41, 5.74) is 0. The molecule has 7 heteroatoms. The fourth-order valence-electron chi connectivity index (χ4n) is 1.72. The van der Waals surface area contributed by atoms with E-state index < -0.39 is 30.1 Å². The Bertz CT molecular complexity index is 356. The van der Waals surface area contributed by atoms with Crippen molar-refractivity contribution in [3.8, 4) is 0 Å². The zero-order chi connectivity index (χ0) is 14.4. The van der Waals surface area contributed by atoms with Crippen LogP contribution in [0.25, 0.3) is 0 Å². The smallest absolute Gasteiger partial charge is 0.306 e. The van der Waals surface area contributed by atoms with Gasteiger partial charge in [-0.05, 0) is 6.92 Å². The fourth-order valence-corrected chi connectivity index (χ4v) is 1.72. The molecule has 1 saturated heterocycles. The molecule has 1 rings (SSSR count). The molecule has 0 spiro atoms. The van der Waals surface area contributed by atoms with Gasteiger partial charge in [-0.25, -0.2) is 0 Å². The number of ketones is 1. The zero-order valence-electron chi connectivity index (χ0n) is 11.1. The van der Waals surface area contributed by atoms with Gasteiger partial charge in [-0.3, -0.25) is 9.59 Å². The van der Waals surface area contributed by atoms with E-state index in [4.69, 9.17) is 22.1 Å². The van der Waals surface area contributed by atoms with Crippen LogP contribution in [0.3, 0.4) is 0 Å². The Hall–Kier alpha value is -1.37. The van der Waals surface area contributed by atoms with E-state index in [1.165, 1.54) is 13.8 Å². The lowest BCUT2D eigenvalue weighted by Crippen LogP contribution is -2.32. The van der Waals surface area contributed by atoms with Gasteiger partial charge in [0, 0.05) is 25.8 Å². The van der Waals surface area contributed by atoms with Gasteiger partial charge in [-0.15, -0.1) is 0 Å². The molecule has 104 valence electrons. The van der Waals surface area contributed by atoms with Crippen LogP contribution in [0.4, 0.5) is 0 Å². The molecule has 0 N–H and O–H groups in total. The van der Waals surface area contributed by atoms with Crippen LogP contribution in [0.15, 0.2) is 0 Å². The molecule has 0 amide bonds. The average Bonchev–Trinajstić information content (AvgIpc) is 2.64. The van der Waals surface area contributed by atoms with Crippen molar-refractivity contribution in [3.05, 3.63) is 0 Å². The minimum absolute atomic E-state index is 0.00626. The number of carbonyl (C=O) groups excluding carboxylic acids is 3. The summed E-state index contributed by atoms with van der Waals surface area (Å²) in [6.45, 7) is 2.68. The van der Waals surface area contributed by atoms with E-state index in [-0.39, 0.29) is 25.2 Å². The highest BCUT2D eigenvalue weighted by atomic mass is 16.6. The molecular weight excluding hydrogens is 251 g/mol. The zero-order valence-corrected chi connectivity index (χ0v) is 11.1. The molecule has 1 aliphatic rings. The molecule has 0 bridgehead atoms. The molecular formula is C12H17BO6. The van der Waals surface area contributed by atoms with Gasteiger partial charge in [0.1, 0.15) is 32.4 Å². The lowest BCUT2D eigenvalue weighted by atomic mass is 9.96. The molecule has 1 aliphatic heterocycles. The maximum Gasteiger partial charge on any atom is 0.306 e. The van der Waals surface area contributed by atoms with Gasteiger partial charge < -0.3 is 19.0 Å². The maximum absolute atomic E-state index is 11.5. The average molecular weight is 268 g/mol. The van der Waals surface area contributed by atoms with E-state index in [1.807, 2.05) is 0 Å². The van der Waals surface area contributed by atoms with E-state index in [1.54, 1.807) is 0 Å². The van der Waals surface area contributed by atoms with Crippen LogP contribution in [-0.2, 0) is 28.6 Å². The first-order chi connectivity index (χ1) is 8.88. The summed E-state index contributed by atoms with van der Waals surface area (Å²) in [6.07, 6.45) is -0.583. The molecule has 1 heterocycles. The van der Waals surface area contributed by atoms with Crippen molar-refractivity contribution < 1.29 is 28.6 Å². The number of rotatable bonds is 6. The molecule has 2 radical (unpaired) electrons.